The SMILES string of the molecule is [Cl-].[Cl-].[SiH2]Cc1ccccc1.[Zr+4].c1ccc2[cH-]ccc2c1.c1ccc2[cH-]ccc2c1. The van der Waals surface area contributed by atoms with Crippen molar-refractivity contribution >= 4 is 31.8 Å². The second-order valence-corrected chi connectivity index (χ2v) is 6.54. The molecule has 0 unspecified atom stereocenters. The van der Waals surface area contributed by atoms with Crippen LogP contribution >= 0.6 is 0 Å². The maximum absolute atomic E-state index is 2.15. The molecule has 0 N–H and O–H groups in total. The van der Waals surface area contributed by atoms with Gasteiger partial charge in [0, 0.05) is 10.2 Å². The van der Waals surface area contributed by atoms with Gasteiger partial charge in [-0.05, 0) is 6.04 Å². The zero-order valence-corrected chi connectivity index (χ0v) is 21.5. The fourth-order valence-corrected chi connectivity index (χ4v) is 3.12. The maximum atomic E-state index is 2.15. The van der Waals surface area contributed by atoms with Crippen LogP contribution in [-0.2, 0) is 32.2 Å². The molecule has 29 heavy (non-hydrogen) atoms. The van der Waals surface area contributed by atoms with Gasteiger partial charge >= 0.3 is 26.2 Å². The van der Waals surface area contributed by atoms with Gasteiger partial charge in [0.05, 0.1) is 0 Å². The first-order valence-electron chi connectivity index (χ1n) is 8.91. The van der Waals surface area contributed by atoms with E-state index in [4.69, 9.17) is 0 Å². The predicted molar refractivity (Wildman–Crippen MR) is 118 cm³/mol. The zero-order chi connectivity index (χ0) is 18.0. The maximum Gasteiger partial charge on any atom is 4.00 e. The van der Waals surface area contributed by atoms with Gasteiger partial charge in [0.25, 0.3) is 0 Å². The van der Waals surface area contributed by atoms with Crippen LogP contribution in [0.3, 0.4) is 0 Å². The van der Waals surface area contributed by atoms with E-state index >= 15 is 0 Å². The summed E-state index contributed by atoms with van der Waals surface area (Å²) < 4.78 is 0. The molecule has 0 amide bonds. The van der Waals surface area contributed by atoms with Crippen molar-refractivity contribution in [3.05, 3.63) is 121 Å². The Morgan fingerprint density at radius 3 is 1.34 bits per heavy atom. The monoisotopic (exact) mass is 511 g/mol. The molecule has 0 spiro atoms. The Labute approximate surface area is 208 Å². The molecule has 0 nitrogen and oxygen atoms in total. The van der Waals surface area contributed by atoms with E-state index in [0.29, 0.717) is 0 Å². The summed E-state index contributed by atoms with van der Waals surface area (Å²) in [7, 11) is 1.98. The van der Waals surface area contributed by atoms with Crippen molar-refractivity contribution in [2.75, 3.05) is 0 Å². The van der Waals surface area contributed by atoms with E-state index in [2.05, 4.69) is 109 Å². The third kappa shape index (κ3) is 8.84. The molecule has 5 rings (SSSR count). The first kappa shape index (κ1) is 27.6. The van der Waals surface area contributed by atoms with Gasteiger partial charge in [0.15, 0.2) is 0 Å². The van der Waals surface area contributed by atoms with Crippen LogP contribution < -0.4 is 24.8 Å². The molecular formula is C25H23Cl2SiZr. The van der Waals surface area contributed by atoms with Crippen LogP contribution in [0.15, 0.2) is 115 Å². The largest absolute Gasteiger partial charge is 4.00 e. The minimum atomic E-state index is 0. The molecule has 0 aliphatic rings. The standard InChI is InChI=1S/2C9H7.C7H9Si.2ClH.Zr/c2*1-2-5-9-7-3-6-8(9)4-1;8-6-7-4-2-1-3-5-7;;;/h2*1-7H;1-5H,6,8H2;2*1H;/q2*-1;;;;+4/p-2. The first-order valence-corrected chi connectivity index (χ1v) is 9.91. The number of halogens is 2. The quantitative estimate of drug-likeness (QED) is 0.218. The molecule has 0 saturated carbocycles. The van der Waals surface area contributed by atoms with Gasteiger partial charge in [-0.1, -0.05) is 48.0 Å². The van der Waals surface area contributed by atoms with Gasteiger partial charge in [-0.15, -0.1) is 59.3 Å². The summed E-state index contributed by atoms with van der Waals surface area (Å²) in [6, 6.07) is 41.0. The van der Waals surface area contributed by atoms with Crippen LogP contribution in [0.1, 0.15) is 5.56 Å². The summed E-state index contributed by atoms with van der Waals surface area (Å²) in [5.74, 6) is 0. The Morgan fingerprint density at radius 2 is 0.966 bits per heavy atom. The summed E-state index contributed by atoms with van der Waals surface area (Å²) in [6.07, 6.45) is 0. The Kier molecular flexibility index (Phi) is 14.6. The van der Waals surface area contributed by atoms with Gasteiger partial charge in [-0.3, -0.25) is 0 Å². The van der Waals surface area contributed by atoms with Crippen molar-refractivity contribution in [1.29, 1.82) is 0 Å². The third-order valence-electron chi connectivity index (χ3n) is 4.23. The molecule has 0 aliphatic carbocycles. The minimum absolute atomic E-state index is 0. The summed E-state index contributed by atoms with van der Waals surface area (Å²) in [4.78, 5) is 0. The minimum Gasteiger partial charge on any atom is -1.00 e. The van der Waals surface area contributed by atoms with Crippen molar-refractivity contribution < 1.29 is 51.0 Å². The number of hydrogen-bond acceptors (Lipinski definition) is 0. The number of hydrogen-bond donors (Lipinski definition) is 0. The number of benzene rings is 3. The second kappa shape index (κ2) is 15.4. The average molecular weight is 514 g/mol. The molecule has 0 fully saturated rings. The molecule has 0 atom stereocenters. The molecule has 0 aliphatic heterocycles. The number of fused-ring (bicyclic) bond motifs is 2. The van der Waals surface area contributed by atoms with Crippen LogP contribution in [0, 0.1) is 0 Å². The van der Waals surface area contributed by atoms with Crippen molar-refractivity contribution in [2.24, 2.45) is 0 Å². The smallest absolute Gasteiger partial charge is 1.00 e. The van der Waals surface area contributed by atoms with Gasteiger partial charge in [0.1, 0.15) is 0 Å². The Bertz CT molecular complexity index is 912. The molecule has 0 bridgehead atoms. The molecule has 0 saturated heterocycles. The molecule has 0 aromatic heterocycles. The van der Waals surface area contributed by atoms with Crippen LogP contribution in [0.25, 0.3) is 21.5 Å². The fraction of sp³-hybridized carbons (Fsp3) is 0.0400. The van der Waals surface area contributed by atoms with Crippen molar-refractivity contribution in [1.82, 2.24) is 0 Å². The normalized spacial score (nSPS) is 8.86. The van der Waals surface area contributed by atoms with Crippen LogP contribution in [0.5, 0.6) is 0 Å². The number of rotatable bonds is 1. The Morgan fingerprint density at radius 1 is 0.552 bits per heavy atom. The second-order valence-electron chi connectivity index (χ2n) is 6.04. The van der Waals surface area contributed by atoms with E-state index in [0.717, 1.165) is 0 Å². The first-order chi connectivity index (χ1) is 12.9. The Balaban J connectivity index is 0.000000387. The molecule has 145 valence electrons. The summed E-state index contributed by atoms with van der Waals surface area (Å²) in [5.41, 5.74) is 1.42. The van der Waals surface area contributed by atoms with Gasteiger partial charge < -0.3 is 24.8 Å². The average Bonchev–Trinajstić information content (AvgIpc) is 3.38. The molecule has 0 heterocycles. The van der Waals surface area contributed by atoms with E-state index in [1.165, 1.54) is 33.2 Å². The molecule has 5 aromatic rings. The van der Waals surface area contributed by atoms with Crippen LogP contribution in [0.2, 0.25) is 0 Å². The molecule has 5 aromatic carbocycles. The Hall–Kier alpha value is -1.44. The van der Waals surface area contributed by atoms with E-state index in [-0.39, 0.29) is 51.0 Å². The summed E-state index contributed by atoms with van der Waals surface area (Å²) >= 11 is 0. The molecule has 4 heteroatoms. The van der Waals surface area contributed by atoms with Gasteiger partial charge in [-0.2, -0.15) is 35.0 Å². The van der Waals surface area contributed by atoms with Gasteiger partial charge in [-0.25, -0.2) is 0 Å². The fourth-order valence-electron chi connectivity index (χ4n) is 2.78. The van der Waals surface area contributed by atoms with Gasteiger partial charge in [0.2, 0.25) is 0 Å². The van der Waals surface area contributed by atoms with Crippen molar-refractivity contribution in [2.45, 2.75) is 6.04 Å². The van der Waals surface area contributed by atoms with Crippen LogP contribution in [0.4, 0.5) is 0 Å². The summed E-state index contributed by atoms with van der Waals surface area (Å²) in [5, 5.41) is 5.32. The van der Waals surface area contributed by atoms with E-state index < -0.39 is 0 Å². The molecule has 1 radical (unpaired) electrons. The van der Waals surface area contributed by atoms with E-state index in [9.17, 15) is 0 Å². The topological polar surface area (TPSA) is 0 Å². The predicted octanol–water partition coefficient (Wildman–Crippen LogP) is -0.0574. The zero-order valence-electron chi connectivity index (χ0n) is 16.1. The molecular weight excluding hydrogens is 490 g/mol. The van der Waals surface area contributed by atoms with Crippen molar-refractivity contribution in [3.63, 3.8) is 0 Å². The van der Waals surface area contributed by atoms with E-state index in [1.807, 2.05) is 16.3 Å². The van der Waals surface area contributed by atoms with Crippen LogP contribution in [-0.4, -0.2) is 10.2 Å². The summed E-state index contributed by atoms with van der Waals surface area (Å²) in [6.45, 7) is 0. The van der Waals surface area contributed by atoms with E-state index in [1.54, 1.807) is 0 Å². The third-order valence-corrected chi connectivity index (χ3v) is 4.80. The van der Waals surface area contributed by atoms with Crippen molar-refractivity contribution in [3.8, 4) is 0 Å².